The number of rotatable bonds is 3. The Labute approximate surface area is 236 Å². The predicted octanol–water partition coefficient (Wildman–Crippen LogP) is 4.62. The summed E-state index contributed by atoms with van der Waals surface area (Å²) in [7, 11) is 0. The second-order valence-electron chi connectivity index (χ2n) is 12.5. The fraction of sp³-hybridized carbons (Fsp3) is 0.633. The van der Waals surface area contributed by atoms with E-state index in [0.29, 0.717) is 35.3 Å². The number of carboxylic acid groups (broad SMARTS) is 1. The van der Waals surface area contributed by atoms with E-state index in [4.69, 9.17) is 19.4 Å². The number of nitrogens with one attached hydrogen (secondary N) is 1. The summed E-state index contributed by atoms with van der Waals surface area (Å²) in [4.78, 5) is 49.7. The van der Waals surface area contributed by atoms with Gasteiger partial charge in [0.05, 0.1) is 17.9 Å². The van der Waals surface area contributed by atoms with Gasteiger partial charge in [-0.25, -0.2) is 19.6 Å². The van der Waals surface area contributed by atoms with E-state index in [1.807, 2.05) is 40.7 Å². The van der Waals surface area contributed by atoms with Crippen molar-refractivity contribution < 1.29 is 29.0 Å². The average molecular weight is 555 g/mol. The van der Waals surface area contributed by atoms with Gasteiger partial charge < -0.3 is 24.8 Å². The fourth-order valence-electron chi connectivity index (χ4n) is 5.43. The molecule has 0 radical (unpaired) electrons. The Hall–Kier alpha value is -3.43. The first-order valence-electron chi connectivity index (χ1n) is 14.2. The van der Waals surface area contributed by atoms with Gasteiger partial charge in [-0.15, -0.1) is 0 Å². The normalized spacial score (nSPS) is 27.5. The molecule has 2 bridgehead atoms. The zero-order chi connectivity index (χ0) is 29.2. The summed E-state index contributed by atoms with van der Waals surface area (Å²) < 4.78 is 12.0. The number of carbonyl (C=O) groups is 3. The van der Waals surface area contributed by atoms with Crippen LogP contribution in [0.15, 0.2) is 12.2 Å². The molecule has 4 rings (SSSR count). The van der Waals surface area contributed by atoms with E-state index in [1.165, 1.54) is 4.90 Å². The van der Waals surface area contributed by atoms with Crippen molar-refractivity contribution in [3.8, 4) is 5.88 Å². The summed E-state index contributed by atoms with van der Waals surface area (Å²) in [6, 6.07) is -2.07. The van der Waals surface area contributed by atoms with E-state index in [2.05, 4.69) is 11.9 Å². The third kappa shape index (κ3) is 7.01. The van der Waals surface area contributed by atoms with Gasteiger partial charge in [0.15, 0.2) is 0 Å². The molecule has 1 aromatic heterocycles. The van der Waals surface area contributed by atoms with Gasteiger partial charge in [0.25, 0.3) is 0 Å². The number of fused-ring (bicyclic) bond motifs is 4. The summed E-state index contributed by atoms with van der Waals surface area (Å²) in [5.74, 6) is -0.924. The quantitative estimate of drug-likeness (QED) is 0.553. The van der Waals surface area contributed by atoms with Crippen molar-refractivity contribution in [1.29, 1.82) is 0 Å². The van der Waals surface area contributed by atoms with Crippen LogP contribution in [0.2, 0.25) is 0 Å². The summed E-state index contributed by atoms with van der Waals surface area (Å²) in [5.41, 5.74) is 2.36. The Balaban J connectivity index is 1.69. The van der Waals surface area contributed by atoms with Crippen LogP contribution < -0.4 is 10.1 Å². The van der Waals surface area contributed by atoms with Crippen molar-refractivity contribution in [3.63, 3.8) is 0 Å². The van der Waals surface area contributed by atoms with Crippen LogP contribution in [0.4, 0.5) is 4.79 Å². The minimum atomic E-state index is -1.13. The zero-order valence-electron chi connectivity index (χ0n) is 24.2. The monoisotopic (exact) mass is 554 g/mol. The van der Waals surface area contributed by atoms with Crippen molar-refractivity contribution in [2.75, 3.05) is 6.54 Å². The van der Waals surface area contributed by atoms with Crippen molar-refractivity contribution in [3.05, 3.63) is 29.2 Å². The molecule has 1 unspecified atom stereocenters. The molecule has 0 spiro atoms. The highest BCUT2D eigenvalue weighted by atomic mass is 16.6. The Morgan fingerprint density at radius 3 is 2.50 bits per heavy atom. The number of aliphatic carboxylic acids is 1. The molecule has 40 heavy (non-hydrogen) atoms. The number of hydrogen-bond acceptors (Lipinski definition) is 7. The number of aromatic nitrogens is 2. The second-order valence-corrected chi connectivity index (χ2v) is 12.5. The average Bonchev–Trinajstić information content (AvgIpc) is 3.44. The summed E-state index contributed by atoms with van der Waals surface area (Å²) in [5, 5.41) is 12.8. The van der Waals surface area contributed by atoms with E-state index >= 15 is 0 Å². The largest absolute Gasteiger partial charge is 0.480 e. The van der Waals surface area contributed by atoms with Crippen LogP contribution in [-0.4, -0.2) is 68.8 Å². The molecule has 3 aliphatic rings. The van der Waals surface area contributed by atoms with Gasteiger partial charge in [-0.1, -0.05) is 45.8 Å². The molecule has 5 atom stereocenters. The number of aryl methyl sites for hydroxylation is 1. The number of carbonyl (C=O) groups excluding carboxylic acids is 2. The van der Waals surface area contributed by atoms with Crippen LogP contribution in [0.5, 0.6) is 5.88 Å². The summed E-state index contributed by atoms with van der Waals surface area (Å²) in [6.07, 6.45) is 7.56. The SMILES string of the molecule is C=Cc1nc2c(nc1C=C(C)C)OC1C[C@@H](C(=O)O)N(C1)C(=O)[C@H](C(C)(C)C)NC(=O)O[C@@H]1C[C@H]1CCCCC2. The van der Waals surface area contributed by atoms with E-state index < -0.39 is 41.6 Å². The number of hydrogen-bond donors (Lipinski definition) is 2. The van der Waals surface area contributed by atoms with Gasteiger partial charge in [-0.05, 0) is 63.0 Å². The number of nitrogens with zero attached hydrogens (tertiary/aromatic N) is 3. The van der Waals surface area contributed by atoms with Gasteiger partial charge >= 0.3 is 12.1 Å². The first-order valence-corrected chi connectivity index (χ1v) is 14.2. The third-order valence-corrected chi connectivity index (χ3v) is 7.69. The zero-order valence-corrected chi connectivity index (χ0v) is 24.2. The predicted molar refractivity (Wildman–Crippen MR) is 151 cm³/mol. The Kier molecular flexibility index (Phi) is 8.85. The number of carboxylic acids is 1. The van der Waals surface area contributed by atoms with Gasteiger partial charge in [-0.3, -0.25) is 4.79 Å². The van der Waals surface area contributed by atoms with Crippen molar-refractivity contribution in [1.82, 2.24) is 20.2 Å². The van der Waals surface area contributed by atoms with Crippen LogP contribution in [-0.2, 0) is 20.7 Å². The topological polar surface area (TPSA) is 131 Å². The highest BCUT2D eigenvalue weighted by Crippen LogP contribution is 2.39. The van der Waals surface area contributed by atoms with Gasteiger partial charge in [0.1, 0.15) is 30.0 Å². The highest BCUT2D eigenvalue weighted by molar-refractivity contribution is 5.90. The molecular formula is C30H42N4O6. The molecule has 1 aromatic rings. The van der Waals surface area contributed by atoms with Gasteiger partial charge in [-0.2, -0.15) is 0 Å². The molecule has 0 aromatic carbocycles. The van der Waals surface area contributed by atoms with Crippen LogP contribution in [0, 0.1) is 11.3 Å². The standard InChI is InChI=1S/C30H42N4O6/c1-7-20-22(13-17(2)3)32-26-21(31-20)12-10-8-9-11-18-14-24(18)40-29(38)33-25(30(4,5)6)27(35)34-16-19(39-26)15-23(34)28(36)37/h7,13,18-19,23-25H,1,8-12,14-16H2,2-6H3,(H,33,38)(H,36,37)/t18-,19?,23+,24-,25-/m1/s1. The number of allylic oxidation sites excluding steroid dienone is 1. The molecule has 3 heterocycles. The minimum absolute atomic E-state index is 0.0477. The summed E-state index contributed by atoms with van der Waals surface area (Å²) in [6.45, 7) is 13.4. The Morgan fingerprint density at radius 2 is 1.85 bits per heavy atom. The van der Waals surface area contributed by atoms with Crippen molar-refractivity contribution >= 4 is 30.1 Å². The van der Waals surface area contributed by atoms with E-state index in [-0.39, 0.29) is 19.1 Å². The molecule has 2 N–H and O–H groups in total. The fourth-order valence-corrected chi connectivity index (χ4v) is 5.43. The minimum Gasteiger partial charge on any atom is -0.480 e. The van der Waals surface area contributed by atoms with Crippen molar-refractivity contribution in [2.24, 2.45) is 11.3 Å². The van der Waals surface area contributed by atoms with Gasteiger partial charge in [0, 0.05) is 6.42 Å². The lowest BCUT2D eigenvalue weighted by molar-refractivity contribution is -0.150. The lowest BCUT2D eigenvalue weighted by atomic mass is 9.85. The van der Waals surface area contributed by atoms with Gasteiger partial charge in [0.2, 0.25) is 11.8 Å². The molecule has 2 aliphatic heterocycles. The van der Waals surface area contributed by atoms with Crippen LogP contribution in [0.1, 0.15) is 90.2 Å². The molecule has 10 heteroatoms. The molecular weight excluding hydrogens is 512 g/mol. The molecule has 1 aliphatic carbocycles. The number of ether oxygens (including phenoxy) is 2. The second kappa shape index (κ2) is 12.0. The van der Waals surface area contributed by atoms with E-state index in [9.17, 15) is 19.5 Å². The smallest absolute Gasteiger partial charge is 0.408 e. The Morgan fingerprint density at radius 1 is 1.10 bits per heavy atom. The lowest BCUT2D eigenvalue weighted by Crippen LogP contribution is -2.57. The highest BCUT2D eigenvalue weighted by Gasteiger charge is 2.47. The first kappa shape index (κ1) is 29.6. The maximum atomic E-state index is 13.8. The van der Waals surface area contributed by atoms with Crippen LogP contribution >= 0.6 is 0 Å². The molecule has 10 nitrogen and oxygen atoms in total. The molecule has 218 valence electrons. The van der Waals surface area contributed by atoms with Crippen molar-refractivity contribution in [2.45, 2.75) is 104 Å². The number of alkyl carbamates (subject to hydrolysis) is 1. The maximum Gasteiger partial charge on any atom is 0.408 e. The number of amides is 2. The molecule has 1 saturated carbocycles. The lowest BCUT2D eigenvalue weighted by Gasteiger charge is -2.34. The van der Waals surface area contributed by atoms with E-state index in [0.717, 1.165) is 37.7 Å². The molecule has 1 saturated heterocycles. The van der Waals surface area contributed by atoms with Crippen LogP contribution in [0.25, 0.3) is 12.2 Å². The molecule has 2 fully saturated rings. The van der Waals surface area contributed by atoms with E-state index in [1.54, 1.807) is 6.08 Å². The van der Waals surface area contributed by atoms with Crippen LogP contribution in [0.3, 0.4) is 0 Å². The maximum absolute atomic E-state index is 13.8. The summed E-state index contributed by atoms with van der Waals surface area (Å²) >= 11 is 0. The third-order valence-electron chi connectivity index (χ3n) is 7.69. The molecule has 2 amide bonds. The Bertz CT molecular complexity index is 1190. The first-order chi connectivity index (χ1) is 18.9.